The number of ether oxygens (including phenoxy) is 2. The number of benzene rings is 2. The van der Waals surface area contributed by atoms with Gasteiger partial charge in [0.05, 0.1) is 12.1 Å². The largest absolute Gasteiger partial charge is 0.465 e. The molecule has 0 spiro atoms. The Morgan fingerprint density at radius 1 is 1.25 bits per heavy atom. The standard InChI is InChI=1S/C14H11ClFNO3/c1-19-14(18)10-6-8(17)2-5-13(10)20-9-3-4-11(15)12(16)7-9/h2-7H,17H2,1H3. The number of methoxy groups -OCH3 is 1. The van der Waals surface area contributed by atoms with Crippen LogP contribution in [0.1, 0.15) is 10.4 Å². The number of nitrogen functional groups attached to an aromatic ring is 1. The molecule has 0 saturated carbocycles. The van der Waals surface area contributed by atoms with Crippen molar-refractivity contribution in [2.24, 2.45) is 0 Å². The monoisotopic (exact) mass is 295 g/mol. The first-order chi connectivity index (χ1) is 9.51. The number of carbonyl (C=O) groups excluding carboxylic acids is 1. The number of hydrogen-bond acceptors (Lipinski definition) is 4. The molecule has 2 aromatic carbocycles. The topological polar surface area (TPSA) is 61.5 Å². The van der Waals surface area contributed by atoms with Crippen LogP contribution in [0.5, 0.6) is 11.5 Å². The molecule has 20 heavy (non-hydrogen) atoms. The molecule has 104 valence electrons. The van der Waals surface area contributed by atoms with Gasteiger partial charge in [0.2, 0.25) is 0 Å². The van der Waals surface area contributed by atoms with Gasteiger partial charge in [-0.05, 0) is 30.3 Å². The summed E-state index contributed by atoms with van der Waals surface area (Å²) in [6, 6.07) is 8.47. The quantitative estimate of drug-likeness (QED) is 0.693. The van der Waals surface area contributed by atoms with E-state index in [1.165, 1.54) is 31.4 Å². The van der Waals surface area contributed by atoms with Gasteiger partial charge in [-0.2, -0.15) is 0 Å². The minimum atomic E-state index is -0.612. The fourth-order valence-electron chi connectivity index (χ4n) is 1.57. The van der Waals surface area contributed by atoms with E-state index in [2.05, 4.69) is 4.74 Å². The van der Waals surface area contributed by atoms with E-state index in [0.717, 1.165) is 6.07 Å². The Kier molecular flexibility index (Phi) is 4.10. The summed E-state index contributed by atoms with van der Waals surface area (Å²) in [5.41, 5.74) is 6.16. The number of anilines is 1. The highest BCUT2D eigenvalue weighted by molar-refractivity contribution is 6.30. The molecule has 0 unspecified atom stereocenters. The van der Waals surface area contributed by atoms with Gasteiger partial charge in [-0.15, -0.1) is 0 Å². The molecule has 0 radical (unpaired) electrons. The smallest absolute Gasteiger partial charge is 0.341 e. The second-order valence-corrected chi connectivity index (χ2v) is 4.33. The molecule has 0 heterocycles. The minimum Gasteiger partial charge on any atom is -0.465 e. The molecule has 0 atom stereocenters. The van der Waals surface area contributed by atoms with Crippen molar-refractivity contribution >= 4 is 23.3 Å². The average Bonchev–Trinajstić information content (AvgIpc) is 2.44. The number of carbonyl (C=O) groups is 1. The van der Waals surface area contributed by atoms with Crippen LogP contribution in [-0.2, 0) is 4.74 Å². The van der Waals surface area contributed by atoms with E-state index >= 15 is 0 Å². The van der Waals surface area contributed by atoms with Crippen molar-refractivity contribution in [1.82, 2.24) is 0 Å². The van der Waals surface area contributed by atoms with E-state index in [4.69, 9.17) is 22.1 Å². The number of esters is 1. The summed E-state index contributed by atoms with van der Waals surface area (Å²) in [6.45, 7) is 0. The molecule has 0 saturated heterocycles. The maximum absolute atomic E-state index is 13.3. The maximum Gasteiger partial charge on any atom is 0.341 e. The van der Waals surface area contributed by atoms with Gasteiger partial charge in [-0.25, -0.2) is 9.18 Å². The lowest BCUT2D eigenvalue weighted by Gasteiger charge is -2.11. The molecule has 0 amide bonds. The highest BCUT2D eigenvalue weighted by atomic mass is 35.5. The van der Waals surface area contributed by atoms with Gasteiger partial charge in [0.25, 0.3) is 0 Å². The van der Waals surface area contributed by atoms with Crippen LogP contribution >= 0.6 is 11.6 Å². The zero-order valence-electron chi connectivity index (χ0n) is 10.5. The molecule has 0 aliphatic rings. The van der Waals surface area contributed by atoms with E-state index in [-0.39, 0.29) is 22.1 Å². The van der Waals surface area contributed by atoms with Gasteiger partial charge in [0, 0.05) is 11.8 Å². The molecule has 2 rings (SSSR count). The Hall–Kier alpha value is -2.27. The summed E-state index contributed by atoms with van der Waals surface area (Å²) in [5, 5.41) is -0.0113. The Labute approximate surface area is 119 Å². The zero-order chi connectivity index (χ0) is 14.7. The lowest BCUT2D eigenvalue weighted by atomic mass is 10.2. The van der Waals surface area contributed by atoms with Gasteiger partial charge in [0.15, 0.2) is 0 Å². The first kappa shape index (κ1) is 14.1. The molecule has 0 bridgehead atoms. The average molecular weight is 296 g/mol. The first-order valence-electron chi connectivity index (χ1n) is 5.62. The second-order valence-electron chi connectivity index (χ2n) is 3.93. The molecule has 2 N–H and O–H groups in total. The lowest BCUT2D eigenvalue weighted by Crippen LogP contribution is -2.04. The molecule has 4 nitrogen and oxygen atoms in total. The molecule has 0 aliphatic heterocycles. The first-order valence-corrected chi connectivity index (χ1v) is 6.00. The van der Waals surface area contributed by atoms with Crippen molar-refractivity contribution in [2.45, 2.75) is 0 Å². The lowest BCUT2D eigenvalue weighted by molar-refractivity contribution is 0.0598. The van der Waals surface area contributed by atoms with Gasteiger partial charge in [0.1, 0.15) is 22.9 Å². The molecule has 2 aromatic rings. The SMILES string of the molecule is COC(=O)c1cc(N)ccc1Oc1ccc(Cl)c(F)c1. The maximum atomic E-state index is 13.3. The molecular formula is C14H11ClFNO3. The molecule has 0 fully saturated rings. The van der Waals surface area contributed by atoms with Gasteiger partial charge >= 0.3 is 5.97 Å². The van der Waals surface area contributed by atoms with Crippen LogP contribution in [0.15, 0.2) is 36.4 Å². The van der Waals surface area contributed by atoms with E-state index in [1.807, 2.05) is 0 Å². The Bertz CT molecular complexity index is 661. The fourth-order valence-corrected chi connectivity index (χ4v) is 1.69. The molecule has 6 heteroatoms. The summed E-state index contributed by atoms with van der Waals surface area (Å²) in [5.74, 6) is -0.782. The van der Waals surface area contributed by atoms with Crippen LogP contribution < -0.4 is 10.5 Å². The minimum absolute atomic E-state index is 0.0113. The van der Waals surface area contributed by atoms with Crippen molar-refractivity contribution in [2.75, 3.05) is 12.8 Å². The summed E-state index contributed by atoms with van der Waals surface area (Å²) in [7, 11) is 1.25. The van der Waals surface area contributed by atoms with Crippen LogP contribution in [-0.4, -0.2) is 13.1 Å². The third kappa shape index (κ3) is 3.00. The summed E-state index contributed by atoms with van der Waals surface area (Å²) < 4.78 is 23.5. The highest BCUT2D eigenvalue weighted by Gasteiger charge is 2.14. The zero-order valence-corrected chi connectivity index (χ0v) is 11.3. The number of halogens is 2. The molecule has 0 aromatic heterocycles. The molecular weight excluding hydrogens is 285 g/mol. The number of rotatable bonds is 3. The molecule has 0 aliphatic carbocycles. The van der Waals surface area contributed by atoms with Crippen molar-refractivity contribution < 1.29 is 18.7 Å². The summed E-state index contributed by atoms with van der Waals surface area (Å²) in [6.07, 6.45) is 0. The van der Waals surface area contributed by atoms with E-state index in [1.54, 1.807) is 6.07 Å². The van der Waals surface area contributed by atoms with Crippen LogP contribution in [0.2, 0.25) is 5.02 Å². The van der Waals surface area contributed by atoms with Crippen molar-refractivity contribution in [3.63, 3.8) is 0 Å². The summed E-state index contributed by atoms with van der Waals surface area (Å²) >= 11 is 5.59. The van der Waals surface area contributed by atoms with Crippen LogP contribution in [0, 0.1) is 5.82 Å². The third-order valence-electron chi connectivity index (χ3n) is 2.53. The predicted octanol–water partition coefficient (Wildman–Crippen LogP) is 3.64. The van der Waals surface area contributed by atoms with Crippen molar-refractivity contribution in [3.8, 4) is 11.5 Å². The number of hydrogen-bond donors (Lipinski definition) is 1. The second kappa shape index (κ2) is 5.79. The fraction of sp³-hybridized carbons (Fsp3) is 0.0714. The normalized spacial score (nSPS) is 10.2. The Morgan fingerprint density at radius 3 is 2.65 bits per heavy atom. The van der Waals surface area contributed by atoms with E-state index in [9.17, 15) is 9.18 Å². The Balaban J connectivity index is 2.37. The number of nitrogens with two attached hydrogens (primary N) is 1. The predicted molar refractivity (Wildman–Crippen MR) is 73.7 cm³/mol. The van der Waals surface area contributed by atoms with E-state index in [0.29, 0.717) is 5.69 Å². The van der Waals surface area contributed by atoms with Gasteiger partial charge in [-0.3, -0.25) is 0 Å². The Morgan fingerprint density at radius 2 is 2.00 bits per heavy atom. The van der Waals surface area contributed by atoms with Crippen molar-refractivity contribution in [3.05, 3.63) is 52.8 Å². The van der Waals surface area contributed by atoms with E-state index < -0.39 is 11.8 Å². The van der Waals surface area contributed by atoms with Crippen LogP contribution in [0.4, 0.5) is 10.1 Å². The van der Waals surface area contributed by atoms with Gasteiger partial charge < -0.3 is 15.2 Å². The summed E-state index contributed by atoms with van der Waals surface area (Å²) in [4.78, 5) is 11.6. The van der Waals surface area contributed by atoms with Crippen LogP contribution in [0.25, 0.3) is 0 Å². The van der Waals surface area contributed by atoms with Crippen LogP contribution in [0.3, 0.4) is 0 Å². The van der Waals surface area contributed by atoms with Gasteiger partial charge in [-0.1, -0.05) is 11.6 Å². The third-order valence-corrected chi connectivity index (χ3v) is 2.83. The highest BCUT2D eigenvalue weighted by Crippen LogP contribution is 2.29. The van der Waals surface area contributed by atoms with Crippen molar-refractivity contribution in [1.29, 1.82) is 0 Å².